The van der Waals surface area contributed by atoms with Crippen LogP contribution in [0.3, 0.4) is 0 Å². The Morgan fingerprint density at radius 2 is 2.08 bits per heavy atom. The summed E-state index contributed by atoms with van der Waals surface area (Å²) in [5, 5.41) is 3.21. The number of nitrogens with one attached hydrogen (secondary N) is 1. The minimum atomic E-state index is -0.299. The quantitative estimate of drug-likeness (QED) is 0.833. The van der Waals surface area contributed by atoms with Gasteiger partial charge in [0.05, 0.1) is 6.42 Å². The molecule has 0 aliphatic carbocycles. The van der Waals surface area contributed by atoms with E-state index in [0.717, 1.165) is 45.7 Å². The van der Waals surface area contributed by atoms with E-state index in [4.69, 9.17) is 4.74 Å². The second kappa shape index (κ2) is 8.93. The molecule has 0 bridgehead atoms. The van der Waals surface area contributed by atoms with Crippen LogP contribution in [0.4, 0.5) is 4.39 Å². The molecule has 1 aromatic carbocycles. The van der Waals surface area contributed by atoms with E-state index in [1.807, 2.05) is 0 Å². The van der Waals surface area contributed by atoms with Crippen molar-refractivity contribution in [3.05, 3.63) is 35.6 Å². The normalized spacial score (nSPS) is 24.9. The molecule has 1 amide bonds. The Morgan fingerprint density at radius 3 is 2.77 bits per heavy atom. The van der Waals surface area contributed by atoms with Crippen LogP contribution in [-0.2, 0) is 16.0 Å². The van der Waals surface area contributed by atoms with Gasteiger partial charge in [-0.25, -0.2) is 4.39 Å². The highest BCUT2D eigenvalue weighted by molar-refractivity contribution is 5.79. The standard InChI is InChI=1S/C20H30FN3O2/c1-23(2)12-16-13-24(18-6-8-26-9-7-18)14-19(16)22-20(25)11-15-4-3-5-17(21)10-15/h3-5,10,16,18-19H,6-9,11-14H2,1-2H3,(H,22,25)/t16-,19-/m1/s1. The van der Waals surface area contributed by atoms with Gasteiger partial charge in [0.1, 0.15) is 5.82 Å². The lowest BCUT2D eigenvalue weighted by molar-refractivity contribution is -0.121. The predicted octanol–water partition coefficient (Wildman–Crippen LogP) is 1.53. The van der Waals surface area contributed by atoms with Gasteiger partial charge in [-0.3, -0.25) is 9.69 Å². The molecule has 2 aliphatic heterocycles. The highest BCUT2D eigenvalue weighted by Crippen LogP contribution is 2.24. The van der Waals surface area contributed by atoms with Crippen LogP contribution < -0.4 is 5.32 Å². The summed E-state index contributed by atoms with van der Waals surface area (Å²) in [7, 11) is 4.14. The zero-order valence-corrected chi connectivity index (χ0v) is 15.8. The van der Waals surface area contributed by atoms with Crippen LogP contribution >= 0.6 is 0 Å². The van der Waals surface area contributed by atoms with Crippen molar-refractivity contribution in [2.24, 2.45) is 5.92 Å². The molecule has 0 spiro atoms. The second-order valence-electron chi connectivity index (χ2n) is 7.80. The number of carbonyl (C=O) groups excluding carboxylic acids is 1. The molecule has 0 aromatic heterocycles. The number of benzene rings is 1. The minimum absolute atomic E-state index is 0.0295. The molecular weight excluding hydrogens is 333 g/mol. The molecule has 144 valence electrons. The van der Waals surface area contributed by atoms with Crippen molar-refractivity contribution in [2.45, 2.75) is 31.3 Å². The highest BCUT2D eigenvalue weighted by atomic mass is 19.1. The van der Waals surface area contributed by atoms with Crippen LogP contribution in [0.1, 0.15) is 18.4 Å². The molecule has 0 unspecified atom stereocenters. The van der Waals surface area contributed by atoms with Crippen molar-refractivity contribution in [1.82, 2.24) is 15.1 Å². The third-order valence-electron chi connectivity index (χ3n) is 5.38. The molecule has 5 nitrogen and oxygen atoms in total. The summed E-state index contributed by atoms with van der Waals surface area (Å²) >= 11 is 0. The van der Waals surface area contributed by atoms with E-state index in [1.165, 1.54) is 12.1 Å². The SMILES string of the molecule is CN(C)C[C@@H]1CN(C2CCOCC2)C[C@H]1NC(=O)Cc1cccc(F)c1. The lowest BCUT2D eigenvalue weighted by atomic mass is 10.0. The molecule has 6 heteroatoms. The van der Waals surface area contributed by atoms with E-state index in [1.54, 1.807) is 12.1 Å². The fraction of sp³-hybridized carbons (Fsp3) is 0.650. The van der Waals surface area contributed by atoms with Crippen LogP contribution in [0.15, 0.2) is 24.3 Å². The Kier molecular flexibility index (Phi) is 6.62. The summed E-state index contributed by atoms with van der Waals surface area (Å²) in [6.45, 7) is 4.50. The van der Waals surface area contributed by atoms with Crippen LogP contribution in [0.25, 0.3) is 0 Å². The first kappa shape index (κ1) is 19.3. The Morgan fingerprint density at radius 1 is 1.31 bits per heavy atom. The van der Waals surface area contributed by atoms with Crippen LogP contribution in [0.5, 0.6) is 0 Å². The number of rotatable bonds is 6. The molecule has 2 aliphatic rings. The van der Waals surface area contributed by atoms with Crippen molar-refractivity contribution in [2.75, 3.05) is 46.9 Å². The first-order valence-electron chi connectivity index (χ1n) is 9.51. The Bertz CT molecular complexity index is 604. The average molecular weight is 363 g/mol. The topological polar surface area (TPSA) is 44.8 Å². The van der Waals surface area contributed by atoms with E-state index in [9.17, 15) is 9.18 Å². The maximum absolute atomic E-state index is 13.3. The van der Waals surface area contributed by atoms with Gasteiger partial charge in [0, 0.05) is 50.8 Å². The van der Waals surface area contributed by atoms with Gasteiger partial charge >= 0.3 is 0 Å². The van der Waals surface area contributed by atoms with E-state index >= 15 is 0 Å². The molecule has 1 N–H and O–H groups in total. The van der Waals surface area contributed by atoms with Gasteiger partial charge < -0.3 is 15.0 Å². The second-order valence-corrected chi connectivity index (χ2v) is 7.80. The van der Waals surface area contributed by atoms with E-state index in [2.05, 4.69) is 29.2 Å². The summed E-state index contributed by atoms with van der Waals surface area (Å²) in [5.41, 5.74) is 0.714. The summed E-state index contributed by atoms with van der Waals surface area (Å²) < 4.78 is 18.8. The van der Waals surface area contributed by atoms with Crippen LogP contribution in [0.2, 0.25) is 0 Å². The number of nitrogens with zero attached hydrogens (tertiary/aromatic N) is 2. The molecule has 2 atom stereocenters. The number of halogens is 1. The average Bonchev–Trinajstić information content (AvgIpc) is 2.97. The third kappa shape index (κ3) is 5.25. The number of ether oxygens (including phenoxy) is 1. The number of likely N-dealkylation sites (tertiary alicyclic amines) is 1. The first-order valence-corrected chi connectivity index (χ1v) is 9.51. The van der Waals surface area contributed by atoms with E-state index in [0.29, 0.717) is 17.5 Å². The maximum atomic E-state index is 13.3. The molecule has 3 rings (SSSR count). The Labute approximate surface area is 155 Å². The maximum Gasteiger partial charge on any atom is 0.224 e. The molecule has 2 heterocycles. The number of amides is 1. The summed E-state index contributed by atoms with van der Waals surface area (Å²) in [4.78, 5) is 17.2. The molecule has 2 fully saturated rings. The van der Waals surface area contributed by atoms with Crippen LogP contribution in [0, 0.1) is 11.7 Å². The monoisotopic (exact) mass is 363 g/mol. The van der Waals surface area contributed by atoms with Crippen molar-refractivity contribution in [3.8, 4) is 0 Å². The molecule has 26 heavy (non-hydrogen) atoms. The molecule has 0 saturated carbocycles. The number of hydrogen-bond acceptors (Lipinski definition) is 4. The molecule has 2 saturated heterocycles. The van der Waals surface area contributed by atoms with E-state index < -0.39 is 0 Å². The van der Waals surface area contributed by atoms with Gasteiger partial charge in [0.2, 0.25) is 5.91 Å². The highest BCUT2D eigenvalue weighted by Gasteiger charge is 2.37. The van der Waals surface area contributed by atoms with Gasteiger partial charge in [0.25, 0.3) is 0 Å². The fourth-order valence-electron chi connectivity index (χ4n) is 4.16. The van der Waals surface area contributed by atoms with Gasteiger partial charge in [0.15, 0.2) is 0 Å². The van der Waals surface area contributed by atoms with E-state index in [-0.39, 0.29) is 24.2 Å². The Hall–Kier alpha value is -1.50. The van der Waals surface area contributed by atoms with Gasteiger partial charge in [-0.2, -0.15) is 0 Å². The zero-order valence-electron chi connectivity index (χ0n) is 15.8. The van der Waals surface area contributed by atoms with Crippen molar-refractivity contribution in [3.63, 3.8) is 0 Å². The van der Waals surface area contributed by atoms with Crippen LogP contribution in [-0.4, -0.2) is 74.7 Å². The largest absolute Gasteiger partial charge is 0.381 e. The third-order valence-corrected chi connectivity index (χ3v) is 5.38. The predicted molar refractivity (Wildman–Crippen MR) is 99.5 cm³/mol. The zero-order chi connectivity index (χ0) is 18.5. The van der Waals surface area contributed by atoms with Crippen molar-refractivity contribution >= 4 is 5.91 Å². The number of hydrogen-bond donors (Lipinski definition) is 1. The number of carbonyl (C=O) groups is 1. The first-order chi connectivity index (χ1) is 12.5. The molecule has 1 aromatic rings. The fourth-order valence-corrected chi connectivity index (χ4v) is 4.16. The molecular formula is C20H30FN3O2. The lowest BCUT2D eigenvalue weighted by Gasteiger charge is -2.31. The van der Waals surface area contributed by atoms with Gasteiger partial charge in [-0.15, -0.1) is 0 Å². The van der Waals surface area contributed by atoms with Gasteiger partial charge in [-0.05, 0) is 44.6 Å². The summed E-state index contributed by atoms with van der Waals surface area (Å²) in [6.07, 6.45) is 2.36. The molecule has 0 radical (unpaired) electrons. The summed E-state index contributed by atoms with van der Waals surface area (Å²) in [6, 6.07) is 6.97. The van der Waals surface area contributed by atoms with Crippen molar-refractivity contribution in [1.29, 1.82) is 0 Å². The summed E-state index contributed by atoms with van der Waals surface area (Å²) in [5.74, 6) is 0.0785. The minimum Gasteiger partial charge on any atom is -0.381 e. The van der Waals surface area contributed by atoms with Crippen molar-refractivity contribution < 1.29 is 13.9 Å². The lowest BCUT2D eigenvalue weighted by Crippen LogP contribution is -2.44. The van der Waals surface area contributed by atoms with Gasteiger partial charge in [-0.1, -0.05) is 12.1 Å². The Balaban J connectivity index is 1.60. The smallest absolute Gasteiger partial charge is 0.224 e.